The first-order chi connectivity index (χ1) is 12.8. The molecule has 3 N–H and O–H groups in total. The molecule has 8 nitrogen and oxygen atoms in total. The van der Waals surface area contributed by atoms with Crippen molar-refractivity contribution >= 4 is 29.2 Å². The van der Waals surface area contributed by atoms with Crippen molar-refractivity contribution < 1.29 is 19.5 Å². The van der Waals surface area contributed by atoms with Crippen LogP contribution in [0.5, 0.6) is 0 Å². The number of rotatable bonds is 8. The van der Waals surface area contributed by atoms with Gasteiger partial charge in [0.25, 0.3) is 5.91 Å². The molecule has 2 amide bonds. The predicted octanol–water partition coefficient (Wildman–Crippen LogP) is 1.62. The molecule has 0 saturated heterocycles. The maximum Gasteiger partial charge on any atom is 0.326 e. The van der Waals surface area contributed by atoms with Crippen LogP contribution >= 0.6 is 0 Å². The van der Waals surface area contributed by atoms with Gasteiger partial charge in [0.15, 0.2) is 0 Å². The number of hydrogen-bond donors (Lipinski definition) is 3. The van der Waals surface area contributed by atoms with Crippen LogP contribution in [0, 0.1) is 5.92 Å². The van der Waals surface area contributed by atoms with E-state index in [4.69, 9.17) is 5.11 Å². The van der Waals surface area contributed by atoms with E-state index in [1.54, 1.807) is 24.3 Å². The Hall–Kier alpha value is -2.90. The van der Waals surface area contributed by atoms with Crippen LogP contribution in [-0.4, -0.2) is 47.7 Å². The Morgan fingerprint density at radius 3 is 2.41 bits per heavy atom. The molecule has 0 unspecified atom stereocenters. The van der Waals surface area contributed by atoms with Gasteiger partial charge >= 0.3 is 5.97 Å². The Bertz CT molecular complexity index is 728. The smallest absolute Gasteiger partial charge is 0.326 e. The first-order valence-corrected chi connectivity index (χ1v) is 8.98. The van der Waals surface area contributed by atoms with Crippen LogP contribution in [0.25, 0.3) is 0 Å². The molecule has 1 aromatic rings. The van der Waals surface area contributed by atoms with E-state index in [2.05, 4.69) is 15.7 Å². The lowest BCUT2D eigenvalue weighted by molar-refractivity contribution is -0.142. The summed E-state index contributed by atoms with van der Waals surface area (Å²) < 4.78 is 0. The molecule has 27 heavy (non-hydrogen) atoms. The van der Waals surface area contributed by atoms with Crippen molar-refractivity contribution in [2.75, 3.05) is 18.1 Å². The van der Waals surface area contributed by atoms with E-state index in [0.717, 1.165) is 24.4 Å². The Morgan fingerprint density at radius 2 is 1.89 bits per heavy atom. The number of carboxylic acid groups (broad SMARTS) is 1. The Morgan fingerprint density at radius 1 is 1.22 bits per heavy atom. The first kappa shape index (κ1) is 20.4. The fourth-order valence-electron chi connectivity index (χ4n) is 2.75. The number of nitrogens with one attached hydrogen (secondary N) is 2. The fraction of sp³-hybridized carbons (Fsp3) is 0.474. The summed E-state index contributed by atoms with van der Waals surface area (Å²) in [5.74, 6) is -1.88. The Balaban J connectivity index is 1.86. The van der Waals surface area contributed by atoms with Crippen LogP contribution in [0.2, 0.25) is 0 Å². The van der Waals surface area contributed by atoms with Crippen molar-refractivity contribution in [3.05, 3.63) is 29.8 Å². The van der Waals surface area contributed by atoms with Crippen molar-refractivity contribution in [3.63, 3.8) is 0 Å². The number of aliphatic carboxylic acids is 1. The van der Waals surface area contributed by atoms with E-state index in [9.17, 15) is 14.4 Å². The first-order valence-electron chi connectivity index (χ1n) is 8.98. The van der Waals surface area contributed by atoms with E-state index >= 15 is 0 Å². The van der Waals surface area contributed by atoms with Gasteiger partial charge in [0.05, 0.1) is 12.2 Å². The molecule has 1 aliphatic rings. The van der Waals surface area contributed by atoms with E-state index in [1.807, 2.05) is 25.8 Å². The summed E-state index contributed by atoms with van der Waals surface area (Å²) >= 11 is 0. The van der Waals surface area contributed by atoms with Crippen LogP contribution in [0.3, 0.4) is 0 Å². The molecule has 146 valence electrons. The molecular formula is C19H26N4O4. The Kier molecular flexibility index (Phi) is 6.92. The van der Waals surface area contributed by atoms with Crippen molar-refractivity contribution in [2.45, 2.75) is 39.7 Å². The molecular weight excluding hydrogens is 348 g/mol. The summed E-state index contributed by atoms with van der Waals surface area (Å²) in [6, 6.07) is 5.99. The van der Waals surface area contributed by atoms with E-state index in [0.29, 0.717) is 12.0 Å². The topological polar surface area (TPSA) is 111 Å². The number of amides is 2. The van der Waals surface area contributed by atoms with Gasteiger partial charge in [-0.05, 0) is 43.5 Å². The maximum absolute atomic E-state index is 12.2. The van der Waals surface area contributed by atoms with Gasteiger partial charge in [0.2, 0.25) is 5.91 Å². The molecule has 0 aliphatic carbocycles. The van der Waals surface area contributed by atoms with Crippen LogP contribution < -0.4 is 15.6 Å². The summed E-state index contributed by atoms with van der Waals surface area (Å²) in [5, 5.41) is 20.4. The lowest BCUT2D eigenvalue weighted by Gasteiger charge is -2.16. The lowest BCUT2D eigenvalue weighted by Crippen LogP contribution is -2.46. The van der Waals surface area contributed by atoms with Gasteiger partial charge in [-0.15, -0.1) is 0 Å². The van der Waals surface area contributed by atoms with Gasteiger partial charge in [0, 0.05) is 24.2 Å². The number of carbonyl (C=O) groups excluding carboxylic acids is 2. The number of carbonyl (C=O) groups is 3. The molecule has 0 bridgehead atoms. The number of hydrazone groups is 1. The second-order valence-corrected chi connectivity index (χ2v) is 7.03. The lowest BCUT2D eigenvalue weighted by atomic mass is 10.0. The minimum Gasteiger partial charge on any atom is -0.480 e. The van der Waals surface area contributed by atoms with Crippen molar-refractivity contribution in [1.82, 2.24) is 10.6 Å². The largest absolute Gasteiger partial charge is 0.480 e. The van der Waals surface area contributed by atoms with Gasteiger partial charge < -0.3 is 15.7 Å². The third kappa shape index (κ3) is 6.09. The highest BCUT2D eigenvalue weighted by Crippen LogP contribution is 2.19. The second kappa shape index (κ2) is 9.16. The average molecular weight is 374 g/mol. The summed E-state index contributed by atoms with van der Waals surface area (Å²) in [7, 11) is 0. The van der Waals surface area contributed by atoms with Gasteiger partial charge in [0.1, 0.15) is 6.04 Å². The number of benzene rings is 1. The van der Waals surface area contributed by atoms with Crippen LogP contribution in [0.15, 0.2) is 29.4 Å². The minimum atomic E-state index is -1.08. The molecule has 1 aromatic carbocycles. The second-order valence-electron chi connectivity index (χ2n) is 7.03. The zero-order valence-corrected chi connectivity index (χ0v) is 15.9. The summed E-state index contributed by atoms with van der Waals surface area (Å²) in [6.07, 6.45) is 1.25. The van der Waals surface area contributed by atoms with Gasteiger partial charge in [-0.25, -0.2) is 4.79 Å². The monoisotopic (exact) mass is 374 g/mol. The van der Waals surface area contributed by atoms with Crippen molar-refractivity contribution in [3.8, 4) is 0 Å². The number of anilines is 1. The quantitative estimate of drug-likeness (QED) is 0.640. The molecule has 0 aromatic heterocycles. The zero-order valence-electron chi connectivity index (χ0n) is 15.9. The van der Waals surface area contributed by atoms with E-state index in [1.165, 1.54) is 0 Å². The number of nitrogens with zero attached hydrogens (tertiary/aromatic N) is 2. The summed E-state index contributed by atoms with van der Waals surface area (Å²) in [4.78, 5) is 35.3. The van der Waals surface area contributed by atoms with Gasteiger partial charge in [-0.1, -0.05) is 13.8 Å². The molecule has 2 rings (SSSR count). The highest BCUT2D eigenvalue weighted by Gasteiger charge is 2.21. The molecule has 0 fully saturated rings. The molecule has 1 heterocycles. The SMILES string of the molecule is CC1=NN(c2ccc(C(=O)NCC(=O)N[C@@H](CC(C)C)C(=O)O)cc2)CC1. The molecule has 0 radical (unpaired) electrons. The number of hydrogen-bond acceptors (Lipinski definition) is 5. The highest BCUT2D eigenvalue weighted by atomic mass is 16.4. The summed E-state index contributed by atoms with van der Waals surface area (Å²) in [6.45, 7) is 6.27. The average Bonchev–Trinajstić information content (AvgIpc) is 3.05. The molecule has 1 aliphatic heterocycles. The van der Waals surface area contributed by atoms with E-state index in [-0.39, 0.29) is 12.5 Å². The Labute approximate surface area is 158 Å². The minimum absolute atomic E-state index is 0.128. The third-order valence-corrected chi connectivity index (χ3v) is 4.15. The third-order valence-electron chi connectivity index (χ3n) is 4.15. The summed E-state index contributed by atoms with van der Waals surface area (Å²) in [5.41, 5.74) is 2.39. The van der Waals surface area contributed by atoms with Crippen molar-refractivity contribution in [2.24, 2.45) is 11.0 Å². The highest BCUT2D eigenvalue weighted by molar-refractivity contribution is 5.97. The molecule has 0 spiro atoms. The predicted molar refractivity (Wildman–Crippen MR) is 103 cm³/mol. The number of carboxylic acids is 1. The van der Waals surface area contributed by atoms with Gasteiger partial charge in [-0.3, -0.25) is 14.6 Å². The normalized spacial score (nSPS) is 14.7. The maximum atomic E-state index is 12.2. The van der Waals surface area contributed by atoms with E-state index < -0.39 is 23.8 Å². The van der Waals surface area contributed by atoms with Crippen LogP contribution in [-0.2, 0) is 9.59 Å². The molecule has 1 atom stereocenters. The fourth-order valence-corrected chi connectivity index (χ4v) is 2.75. The van der Waals surface area contributed by atoms with Crippen molar-refractivity contribution in [1.29, 1.82) is 0 Å². The molecule has 8 heteroatoms. The zero-order chi connectivity index (χ0) is 20.0. The van der Waals surface area contributed by atoms with Crippen LogP contribution in [0.4, 0.5) is 5.69 Å². The standard InChI is InChI=1S/C19H26N4O4/c1-12(2)10-16(19(26)27)21-17(24)11-20-18(25)14-4-6-15(7-5-14)23-9-8-13(3)22-23/h4-7,12,16H,8-11H2,1-3H3,(H,20,25)(H,21,24)(H,26,27)/t16-/m0/s1. The molecule has 0 saturated carbocycles. The van der Waals surface area contributed by atoms with Gasteiger partial charge in [-0.2, -0.15) is 5.10 Å². The van der Waals surface area contributed by atoms with Crippen LogP contribution in [0.1, 0.15) is 44.0 Å².